The summed E-state index contributed by atoms with van der Waals surface area (Å²) in [5.74, 6) is 2.87. The highest BCUT2D eigenvalue weighted by molar-refractivity contribution is 4.97. The van der Waals surface area contributed by atoms with Crippen molar-refractivity contribution in [1.29, 1.82) is 0 Å². The lowest BCUT2D eigenvalue weighted by Gasteiger charge is -2.27. The summed E-state index contributed by atoms with van der Waals surface area (Å²) in [7, 11) is 0. The van der Waals surface area contributed by atoms with Crippen molar-refractivity contribution in [1.82, 2.24) is 5.32 Å². The quantitative estimate of drug-likeness (QED) is 0.686. The summed E-state index contributed by atoms with van der Waals surface area (Å²) in [6.45, 7) is 7.00. The maximum Gasteiger partial charge on any atom is 0.0126 e. The first kappa shape index (κ1) is 10.5. The SMILES string of the molecule is CCC(NC(C1CC1)C1CC1)C(C)C. The second kappa shape index (κ2) is 4.22. The van der Waals surface area contributed by atoms with E-state index < -0.39 is 0 Å². The molecular formula is C13H25N. The summed E-state index contributed by atoms with van der Waals surface area (Å²) in [6, 6.07) is 1.63. The smallest absolute Gasteiger partial charge is 0.0126 e. The summed E-state index contributed by atoms with van der Waals surface area (Å²) < 4.78 is 0. The van der Waals surface area contributed by atoms with Crippen molar-refractivity contribution in [2.75, 3.05) is 0 Å². The molecule has 1 N–H and O–H groups in total. The van der Waals surface area contributed by atoms with Crippen LogP contribution in [0, 0.1) is 17.8 Å². The molecule has 0 aromatic rings. The van der Waals surface area contributed by atoms with E-state index in [1.54, 1.807) is 0 Å². The molecule has 0 amide bonds. The van der Waals surface area contributed by atoms with E-state index in [1.165, 1.54) is 32.1 Å². The molecule has 2 fully saturated rings. The largest absolute Gasteiger partial charge is 0.310 e. The minimum Gasteiger partial charge on any atom is -0.310 e. The lowest BCUT2D eigenvalue weighted by atomic mass is 9.98. The molecule has 14 heavy (non-hydrogen) atoms. The van der Waals surface area contributed by atoms with Gasteiger partial charge in [0.15, 0.2) is 0 Å². The van der Waals surface area contributed by atoms with Crippen molar-refractivity contribution in [3.8, 4) is 0 Å². The third kappa shape index (κ3) is 2.50. The molecule has 0 saturated heterocycles. The Morgan fingerprint density at radius 1 is 1.07 bits per heavy atom. The van der Waals surface area contributed by atoms with Crippen LogP contribution in [-0.2, 0) is 0 Å². The molecule has 2 aliphatic rings. The highest BCUT2D eigenvalue weighted by Crippen LogP contribution is 2.44. The molecule has 1 nitrogen and oxygen atoms in total. The number of hydrogen-bond acceptors (Lipinski definition) is 1. The molecule has 82 valence electrons. The van der Waals surface area contributed by atoms with Crippen LogP contribution in [0.1, 0.15) is 52.9 Å². The highest BCUT2D eigenvalue weighted by Gasteiger charge is 2.42. The molecule has 0 spiro atoms. The molecule has 0 aliphatic heterocycles. The second-order valence-corrected chi connectivity index (χ2v) is 5.63. The summed E-state index contributed by atoms with van der Waals surface area (Å²) in [5, 5.41) is 3.93. The second-order valence-electron chi connectivity index (χ2n) is 5.63. The fourth-order valence-electron chi connectivity index (χ4n) is 2.60. The van der Waals surface area contributed by atoms with Crippen LogP contribution < -0.4 is 5.32 Å². The van der Waals surface area contributed by atoms with Crippen molar-refractivity contribution < 1.29 is 0 Å². The van der Waals surface area contributed by atoms with Gasteiger partial charge in [-0.1, -0.05) is 20.8 Å². The van der Waals surface area contributed by atoms with E-state index in [4.69, 9.17) is 0 Å². The summed E-state index contributed by atoms with van der Waals surface area (Å²) in [5.41, 5.74) is 0. The van der Waals surface area contributed by atoms with Gasteiger partial charge in [0.05, 0.1) is 0 Å². The van der Waals surface area contributed by atoms with E-state index in [0.29, 0.717) is 0 Å². The molecular weight excluding hydrogens is 170 g/mol. The molecule has 1 heteroatoms. The summed E-state index contributed by atoms with van der Waals surface area (Å²) in [6.07, 6.45) is 7.24. The Labute approximate surface area is 88.7 Å². The van der Waals surface area contributed by atoms with Gasteiger partial charge in [-0.3, -0.25) is 0 Å². The average molecular weight is 195 g/mol. The van der Waals surface area contributed by atoms with Gasteiger partial charge in [-0.05, 0) is 49.9 Å². The zero-order valence-electron chi connectivity index (χ0n) is 9.92. The maximum atomic E-state index is 3.93. The van der Waals surface area contributed by atoms with E-state index in [-0.39, 0.29) is 0 Å². The van der Waals surface area contributed by atoms with Gasteiger partial charge in [-0.15, -0.1) is 0 Å². The van der Waals surface area contributed by atoms with Gasteiger partial charge in [0.25, 0.3) is 0 Å². The first-order chi connectivity index (χ1) is 6.72. The van der Waals surface area contributed by atoms with E-state index in [1.807, 2.05) is 0 Å². The monoisotopic (exact) mass is 195 g/mol. The molecule has 0 radical (unpaired) electrons. The third-order valence-electron chi connectivity index (χ3n) is 3.91. The van der Waals surface area contributed by atoms with Crippen LogP contribution in [0.5, 0.6) is 0 Å². The molecule has 0 heterocycles. The van der Waals surface area contributed by atoms with Crippen molar-refractivity contribution >= 4 is 0 Å². The first-order valence-electron chi connectivity index (χ1n) is 6.48. The lowest BCUT2D eigenvalue weighted by Crippen LogP contribution is -2.43. The Bertz CT molecular complexity index is 168. The van der Waals surface area contributed by atoms with Crippen molar-refractivity contribution in [3.63, 3.8) is 0 Å². The predicted octanol–water partition coefficient (Wildman–Crippen LogP) is 3.20. The van der Waals surface area contributed by atoms with E-state index in [9.17, 15) is 0 Å². The molecule has 2 saturated carbocycles. The Kier molecular flexibility index (Phi) is 3.16. The van der Waals surface area contributed by atoms with E-state index >= 15 is 0 Å². The van der Waals surface area contributed by atoms with Crippen molar-refractivity contribution in [2.24, 2.45) is 17.8 Å². The molecule has 2 aliphatic carbocycles. The molecule has 1 atom stereocenters. The van der Waals surface area contributed by atoms with Gasteiger partial charge >= 0.3 is 0 Å². The van der Waals surface area contributed by atoms with Crippen LogP contribution in [0.25, 0.3) is 0 Å². The number of rotatable bonds is 6. The van der Waals surface area contributed by atoms with Crippen LogP contribution in [0.15, 0.2) is 0 Å². The first-order valence-corrected chi connectivity index (χ1v) is 6.48. The highest BCUT2D eigenvalue weighted by atomic mass is 15.0. The van der Waals surface area contributed by atoms with E-state index in [0.717, 1.165) is 29.8 Å². The molecule has 1 unspecified atom stereocenters. The maximum absolute atomic E-state index is 3.93. The van der Waals surface area contributed by atoms with Gasteiger partial charge in [0, 0.05) is 12.1 Å². The Morgan fingerprint density at radius 3 is 1.86 bits per heavy atom. The Hall–Kier alpha value is -0.0400. The van der Waals surface area contributed by atoms with Crippen LogP contribution >= 0.6 is 0 Å². The fraction of sp³-hybridized carbons (Fsp3) is 1.00. The minimum absolute atomic E-state index is 0.751. The Morgan fingerprint density at radius 2 is 1.57 bits per heavy atom. The zero-order chi connectivity index (χ0) is 10.1. The van der Waals surface area contributed by atoms with Crippen LogP contribution in [0.2, 0.25) is 0 Å². The van der Waals surface area contributed by atoms with Crippen LogP contribution in [0.4, 0.5) is 0 Å². The molecule has 0 aromatic heterocycles. The predicted molar refractivity (Wildman–Crippen MR) is 61.3 cm³/mol. The topological polar surface area (TPSA) is 12.0 Å². The zero-order valence-corrected chi connectivity index (χ0v) is 9.92. The number of hydrogen-bond donors (Lipinski definition) is 1. The van der Waals surface area contributed by atoms with Crippen LogP contribution in [-0.4, -0.2) is 12.1 Å². The van der Waals surface area contributed by atoms with Gasteiger partial charge in [0.1, 0.15) is 0 Å². The van der Waals surface area contributed by atoms with Gasteiger partial charge < -0.3 is 5.32 Å². The molecule has 0 aromatic carbocycles. The summed E-state index contributed by atoms with van der Waals surface area (Å²) >= 11 is 0. The van der Waals surface area contributed by atoms with Gasteiger partial charge in [0.2, 0.25) is 0 Å². The average Bonchev–Trinajstić information content (AvgIpc) is 3.01. The normalized spacial score (nSPS) is 24.6. The van der Waals surface area contributed by atoms with Crippen molar-refractivity contribution in [2.45, 2.75) is 65.0 Å². The van der Waals surface area contributed by atoms with Crippen molar-refractivity contribution in [3.05, 3.63) is 0 Å². The molecule has 0 bridgehead atoms. The molecule has 2 rings (SSSR count). The standard InChI is InChI=1S/C13H25N/c1-4-12(9(2)3)14-13(10-5-6-10)11-7-8-11/h9-14H,4-8H2,1-3H3. The minimum atomic E-state index is 0.751. The van der Waals surface area contributed by atoms with Gasteiger partial charge in [-0.25, -0.2) is 0 Å². The lowest BCUT2D eigenvalue weighted by molar-refractivity contribution is 0.303. The number of nitrogens with one attached hydrogen (secondary N) is 1. The Balaban J connectivity index is 1.84. The van der Waals surface area contributed by atoms with Crippen LogP contribution in [0.3, 0.4) is 0 Å². The summed E-state index contributed by atoms with van der Waals surface area (Å²) in [4.78, 5) is 0. The van der Waals surface area contributed by atoms with E-state index in [2.05, 4.69) is 26.1 Å². The van der Waals surface area contributed by atoms with Gasteiger partial charge in [-0.2, -0.15) is 0 Å². The fourth-order valence-corrected chi connectivity index (χ4v) is 2.60. The third-order valence-corrected chi connectivity index (χ3v) is 3.91.